The van der Waals surface area contributed by atoms with E-state index in [1.54, 1.807) is 30.0 Å². The molecule has 0 bridgehead atoms. The molecule has 128 valence electrons. The van der Waals surface area contributed by atoms with Crippen LogP contribution in [-0.2, 0) is 10.3 Å². The Bertz CT molecular complexity index is 726. The standard InChI is InChI=1S/C18H21NO3S2/c1-12-10-18(20,7-8-22-12)15-9-17(23-11-15)24-16-5-3-14(4-6-16)13(2)19-21/h3-6,9,11-12,20-21H,7-8,10H2,1-2H3/b19-13-/t12-,18-/m0/s1. The Morgan fingerprint density at radius 3 is 2.79 bits per heavy atom. The first-order chi connectivity index (χ1) is 11.5. The fraction of sp³-hybridized carbons (Fsp3) is 0.389. The molecule has 1 aliphatic heterocycles. The van der Waals surface area contributed by atoms with Crippen LogP contribution in [0.2, 0.25) is 0 Å². The molecule has 1 saturated heterocycles. The topological polar surface area (TPSA) is 62.1 Å². The van der Waals surface area contributed by atoms with Crippen LogP contribution in [0.4, 0.5) is 0 Å². The summed E-state index contributed by atoms with van der Waals surface area (Å²) < 4.78 is 6.70. The largest absolute Gasteiger partial charge is 0.411 e. The minimum Gasteiger partial charge on any atom is -0.411 e. The van der Waals surface area contributed by atoms with Crippen LogP contribution in [0.5, 0.6) is 0 Å². The molecule has 1 fully saturated rings. The maximum atomic E-state index is 10.9. The van der Waals surface area contributed by atoms with Crippen molar-refractivity contribution in [1.29, 1.82) is 0 Å². The first-order valence-corrected chi connectivity index (χ1v) is 9.60. The molecule has 3 rings (SSSR count). The van der Waals surface area contributed by atoms with E-state index in [4.69, 9.17) is 9.94 Å². The molecule has 1 aliphatic rings. The summed E-state index contributed by atoms with van der Waals surface area (Å²) in [5.41, 5.74) is 1.72. The molecule has 0 unspecified atom stereocenters. The monoisotopic (exact) mass is 363 g/mol. The SMILES string of the molecule is C/C(=N/O)c1ccc(Sc2cc([C@]3(O)CCO[C@@H](C)C3)cs2)cc1. The molecular formula is C18H21NO3S2. The molecule has 0 saturated carbocycles. The van der Waals surface area contributed by atoms with E-state index in [2.05, 4.69) is 16.6 Å². The number of thiophene rings is 1. The Kier molecular flexibility index (Phi) is 5.30. The van der Waals surface area contributed by atoms with E-state index < -0.39 is 5.60 Å². The van der Waals surface area contributed by atoms with Crippen LogP contribution in [0.25, 0.3) is 0 Å². The van der Waals surface area contributed by atoms with Gasteiger partial charge in [-0.1, -0.05) is 29.1 Å². The number of hydrogen-bond donors (Lipinski definition) is 2. The van der Waals surface area contributed by atoms with Crippen LogP contribution in [-0.4, -0.2) is 28.7 Å². The average molecular weight is 364 g/mol. The second-order valence-electron chi connectivity index (χ2n) is 6.13. The molecule has 2 atom stereocenters. The van der Waals surface area contributed by atoms with Crippen molar-refractivity contribution >= 4 is 28.8 Å². The van der Waals surface area contributed by atoms with Crippen molar-refractivity contribution in [3.05, 3.63) is 46.8 Å². The van der Waals surface area contributed by atoms with Gasteiger partial charge in [-0.3, -0.25) is 0 Å². The zero-order valence-electron chi connectivity index (χ0n) is 13.7. The fourth-order valence-corrected chi connectivity index (χ4v) is 4.92. The highest BCUT2D eigenvalue weighted by molar-refractivity contribution is 8.01. The summed E-state index contributed by atoms with van der Waals surface area (Å²) in [6.07, 6.45) is 1.37. The maximum absolute atomic E-state index is 10.9. The lowest BCUT2D eigenvalue weighted by atomic mass is 9.86. The van der Waals surface area contributed by atoms with Crippen molar-refractivity contribution in [2.75, 3.05) is 6.61 Å². The molecule has 0 amide bonds. The van der Waals surface area contributed by atoms with Crippen molar-refractivity contribution in [3.63, 3.8) is 0 Å². The van der Waals surface area contributed by atoms with Crippen LogP contribution < -0.4 is 0 Å². The predicted molar refractivity (Wildman–Crippen MR) is 97.4 cm³/mol. The van der Waals surface area contributed by atoms with Gasteiger partial charge < -0.3 is 15.1 Å². The zero-order chi connectivity index (χ0) is 17.2. The van der Waals surface area contributed by atoms with E-state index in [0.717, 1.165) is 20.2 Å². The third kappa shape index (κ3) is 3.83. The van der Waals surface area contributed by atoms with E-state index >= 15 is 0 Å². The van der Waals surface area contributed by atoms with E-state index in [0.29, 0.717) is 25.2 Å². The highest BCUT2D eigenvalue weighted by Crippen LogP contribution is 2.40. The molecule has 24 heavy (non-hydrogen) atoms. The number of oxime groups is 1. The van der Waals surface area contributed by atoms with E-state index in [1.807, 2.05) is 31.2 Å². The number of hydrogen-bond acceptors (Lipinski definition) is 6. The third-order valence-corrected chi connectivity index (χ3v) is 6.38. The lowest BCUT2D eigenvalue weighted by Crippen LogP contribution is -2.37. The Morgan fingerprint density at radius 2 is 2.12 bits per heavy atom. The smallest absolute Gasteiger partial charge is 0.0951 e. The summed E-state index contributed by atoms with van der Waals surface area (Å²) >= 11 is 3.32. The Hall–Kier alpha value is -1.34. The normalized spacial score (nSPS) is 25.0. The van der Waals surface area contributed by atoms with Crippen LogP contribution in [0.1, 0.15) is 37.8 Å². The van der Waals surface area contributed by atoms with Gasteiger partial charge in [-0.2, -0.15) is 0 Å². The summed E-state index contributed by atoms with van der Waals surface area (Å²) in [5.74, 6) is 0. The van der Waals surface area contributed by atoms with Gasteiger partial charge in [0.2, 0.25) is 0 Å². The summed E-state index contributed by atoms with van der Waals surface area (Å²) in [5, 5.41) is 25.0. The predicted octanol–water partition coefficient (Wildman–Crippen LogP) is 4.48. The molecule has 1 aromatic heterocycles. The fourth-order valence-electron chi connectivity index (χ4n) is 2.88. The zero-order valence-corrected chi connectivity index (χ0v) is 15.4. The van der Waals surface area contributed by atoms with Gasteiger partial charge in [0.1, 0.15) is 0 Å². The lowest BCUT2D eigenvalue weighted by Gasteiger charge is -2.35. The van der Waals surface area contributed by atoms with Crippen molar-refractivity contribution < 1.29 is 15.1 Å². The maximum Gasteiger partial charge on any atom is 0.0951 e. The second kappa shape index (κ2) is 7.27. The number of ether oxygens (including phenoxy) is 1. The number of nitrogens with zero attached hydrogens (tertiary/aromatic N) is 1. The molecule has 6 heteroatoms. The first-order valence-electron chi connectivity index (χ1n) is 7.90. The van der Waals surface area contributed by atoms with Crippen molar-refractivity contribution in [2.45, 2.75) is 47.5 Å². The van der Waals surface area contributed by atoms with Gasteiger partial charge in [0.15, 0.2) is 0 Å². The molecule has 4 nitrogen and oxygen atoms in total. The second-order valence-corrected chi connectivity index (χ2v) is 8.42. The minimum absolute atomic E-state index is 0.0868. The molecule has 2 N–H and O–H groups in total. The highest BCUT2D eigenvalue weighted by Gasteiger charge is 2.35. The van der Waals surface area contributed by atoms with Gasteiger partial charge >= 0.3 is 0 Å². The number of rotatable bonds is 4. The number of benzene rings is 1. The van der Waals surface area contributed by atoms with Gasteiger partial charge in [-0.15, -0.1) is 11.3 Å². The van der Waals surface area contributed by atoms with Crippen LogP contribution in [0.3, 0.4) is 0 Å². The van der Waals surface area contributed by atoms with Crippen LogP contribution in [0.15, 0.2) is 50.0 Å². The molecular weight excluding hydrogens is 342 g/mol. The van der Waals surface area contributed by atoms with Crippen molar-refractivity contribution in [3.8, 4) is 0 Å². The van der Waals surface area contributed by atoms with Crippen molar-refractivity contribution in [1.82, 2.24) is 0 Å². The molecule has 2 heterocycles. The van der Waals surface area contributed by atoms with Gasteiger partial charge in [-0.05, 0) is 48.6 Å². The summed E-state index contributed by atoms with van der Waals surface area (Å²) in [6, 6.07) is 10.00. The van der Waals surface area contributed by atoms with E-state index in [1.165, 1.54) is 0 Å². The van der Waals surface area contributed by atoms with Crippen molar-refractivity contribution in [2.24, 2.45) is 5.16 Å². The number of aliphatic hydroxyl groups is 1. The molecule has 0 aliphatic carbocycles. The summed E-state index contributed by atoms with van der Waals surface area (Å²) in [7, 11) is 0. The van der Waals surface area contributed by atoms with Gasteiger partial charge in [0.05, 0.1) is 28.2 Å². The minimum atomic E-state index is -0.772. The van der Waals surface area contributed by atoms with Gasteiger partial charge in [0.25, 0.3) is 0 Å². The van der Waals surface area contributed by atoms with Gasteiger partial charge in [-0.25, -0.2) is 0 Å². The Balaban J connectivity index is 1.72. The third-order valence-electron chi connectivity index (χ3n) is 4.30. The molecule has 1 aromatic carbocycles. The highest BCUT2D eigenvalue weighted by atomic mass is 32.2. The van der Waals surface area contributed by atoms with E-state index in [9.17, 15) is 5.11 Å². The van der Waals surface area contributed by atoms with Gasteiger partial charge in [0, 0.05) is 17.7 Å². The van der Waals surface area contributed by atoms with Crippen LogP contribution >= 0.6 is 23.1 Å². The quantitative estimate of drug-likeness (QED) is 0.477. The van der Waals surface area contributed by atoms with Crippen LogP contribution in [0, 0.1) is 0 Å². The molecule has 2 aromatic rings. The first kappa shape index (κ1) is 17.5. The molecule has 0 spiro atoms. The Morgan fingerprint density at radius 1 is 1.38 bits per heavy atom. The summed E-state index contributed by atoms with van der Waals surface area (Å²) in [6.45, 7) is 4.37. The average Bonchev–Trinajstić information content (AvgIpc) is 3.04. The Labute approximate surface area is 150 Å². The van der Waals surface area contributed by atoms with E-state index in [-0.39, 0.29) is 6.10 Å². The summed E-state index contributed by atoms with van der Waals surface area (Å²) in [4.78, 5) is 1.12. The lowest BCUT2D eigenvalue weighted by molar-refractivity contribution is -0.101. The molecule has 0 radical (unpaired) electrons.